The van der Waals surface area contributed by atoms with E-state index in [4.69, 9.17) is 20.4 Å². The van der Waals surface area contributed by atoms with Crippen molar-refractivity contribution in [2.45, 2.75) is 0 Å². The Labute approximate surface area is 98.3 Å². The van der Waals surface area contributed by atoms with Crippen LogP contribution in [-0.2, 0) is 0 Å². The van der Waals surface area contributed by atoms with Crippen LogP contribution >= 0.6 is 12.4 Å². The van der Waals surface area contributed by atoms with Gasteiger partial charge in [0.1, 0.15) is 0 Å². The smallest absolute Gasteiger partial charge is 0.857 e. The van der Waals surface area contributed by atoms with Crippen molar-refractivity contribution in [3.05, 3.63) is 0 Å². The molecule has 4 nitrogen and oxygen atoms in total. The van der Waals surface area contributed by atoms with Crippen LogP contribution in [0.4, 0.5) is 0 Å². The number of rotatable bonds is 0. The van der Waals surface area contributed by atoms with E-state index in [2.05, 4.69) is 0 Å². The Kier molecular flexibility index (Phi) is 2010. The minimum atomic E-state index is 0. The van der Waals surface area contributed by atoms with Crippen molar-refractivity contribution >= 4 is 50.1 Å². The molecule has 6 heteroatoms. The first-order valence-electron chi connectivity index (χ1n) is 1.71. The van der Waals surface area contributed by atoms with E-state index in [-0.39, 0.29) is 50.1 Å². The molecule has 0 unspecified atom stereocenters. The number of aliphatic hydroxyl groups excluding tert-OH is 2. The Morgan fingerprint density at radius 2 is 0.700 bits per heavy atom. The van der Waals surface area contributed by atoms with E-state index in [1.54, 1.807) is 0 Å². The largest absolute Gasteiger partial charge is 2.00 e. The van der Waals surface area contributed by atoms with Crippen LogP contribution in [0.3, 0.4) is 0 Å². The quantitative estimate of drug-likeness (QED) is 0.416. The van der Waals surface area contributed by atoms with Crippen LogP contribution in [0.1, 0.15) is 0 Å². The summed E-state index contributed by atoms with van der Waals surface area (Å²) in [7, 11) is 3.50. The van der Waals surface area contributed by atoms with Gasteiger partial charge in [0.05, 0.1) is 0 Å². The average Bonchev–Trinajstić information content (AvgIpc) is 2.03. The molecular formula is C4H15CaClO4. The maximum absolute atomic E-state index is 8.25. The Morgan fingerprint density at radius 1 is 0.700 bits per heavy atom. The average molecular weight is 203 g/mol. The standard InChI is InChI=1S/2CH4O.2CH3O.Ca.ClH/c4*1-2;;/h2*2H,1H3;2*1H3;;1H/q;;2*-1;+2;. The monoisotopic (exact) mass is 202 g/mol. The maximum atomic E-state index is 8.25. The molecule has 0 aromatic carbocycles. The van der Waals surface area contributed by atoms with Crippen molar-refractivity contribution < 1.29 is 20.4 Å². The van der Waals surface area contributed by atoms with Crippen molar-refractivity contribution in [1.29, 1.82) is 0 Å². The fraction of sp³-hybridized carbons (Fsp3) is 1.00. The topological polar surface area (TPSA) is 86.6 Å². The molecule has 0 rings (SSSR count). The minimum absolute atomic E-state index is 0. The molecule has 0 aromatic rings. The molecule has 0 spiro atoms. The third-order valence-electron chi connectivity index (χ3n) is 0. The molecule has 0 amide bonds. The first-order chi connectivity index (χ1) is 4.00. The van der Waals surface area contributed by atoms with Gasteiger partial charge in [-0.15, -0.1) is 12.4 Å². The molecule has 64 valence electrons. The fourth-order valence-electron chi connectivity index (χ4n) is 0. The van der Waals surface area contributed by atoms with Crippen LogP contribution in [0.25, 0.3) is 0 Å². The predicted octanol–water partition coefficient (Wildman–Crippen LogP) is -2.79. The van der Waals surface area contributed by atoms with Crippen LogP contribution < -0.4 is 10.2 Å². The fourth-order valence-corrected chi connectivity index (χ4v) is 0. The van der Waals surface area contributed by atoms with Crippen LogP contribution in [0.5, 0.6) is 0 Å². The van der Waals surface area contributed by atoms with Gasteiger partial charge in [-0.2, -0.15) is 14.2 Å². The van der Waals surface area contributed by atoms with Crippen molar-refractivity contribution in [3.63, 3.8) is 0 Å². The molecular weight excluding hydrogens is 188 g/mol. The first kappa shape index (κ1) is 42.3. The summed E-state index contributed by atoms with van der Waals surface area (Å²) in [6, 6.07) is 0. The SMILES string of the molecule is CO.CO.C[O-].C[O-].Cl.[Ca+2]. The summed E-state index contributed by atoms with van der Waals surface area (Å²) >= 11 is 0. The zero-order valence-corrected chi connectivity index (χ0v) is 9.85. The summed E-state index contributed by atoms with van der Waals surface area (Å²) < 4.78 is 0. The van der Waals surface area contributed by atoms with Gasteiger partial charge in [-0.25, -0.2) is 0 Å². The summed E-state index contributed by atoms with van der Waals surface area (Å²) in [5, 5.41) is 30.5. The first-order valence-corrected chi connectivity index (χ1v) is 1.71. The second-order valence-corrected chi connectivity index (χ2v) is 0. The normalized spacial score (nSPS) is 2.40. The summed E-state index contributed by atoms with van der Waals surface area (Å²) in [6.07, 6.45) is 0. The van der Waals surface area contributed by atoms with E-state index in [0.29, 0.717) is 0 Å². The Balaban J connectivity index is -0.00000000500. The second kappa shape index (κ2) is 474. The molecule has 0 heterocycles. The molecule has 0 fully saturated rings. The van der Waals surface area contributed by atoms with Crippen LogP contribution in [0, 0.1) is 0 Å². The second-order valence-electron chi connectivity index (χ2n) is 0. The third-order valence-corrected chi connectivity index (χ3v) is 0. The van der Waals surface area contributed by atoms with E-state index >= 15 is 0 Å². The van der Waals surface area contributed by atoms with Gasteiger partial charge in [0.25, 0.3) is 0 Å². The van der Waals surface area contributed by atoms with E-state index in [0.717, 1.165) is 28.4 Å². The number of halogens is 1. The molecule has 0 aliphatic rings. The van der Waals surface area contributed by atoms with Crippen LogP contribution in [0.2, 0.25) is 0 Å². The van der Waals surface area contributed by atoms with Gasteiger partial charge < -0.3 is 20.4 Å². The summed E-state index contributed by atoms with van der Waals surface area (Å²) in [4.78, 5) is 0. The maximum Gasteiger partial charge on any atom is 2.00 e. The zero-order chi connectivity index (χ0) is 8.00. The van der Waals surface area contributed by atoms with E-state index in [1.807, 2.05) is 0 Å². The van der Waals surface area contributed by atoms with Gasteiger partial charge in [0, 0.05) is 14.2 Å². The van der Waals surface area contributed by atoms with Crippen LogP contribution in [0.15, 0.2) is 0 Å². The van der Waals surface area contributed by atoms with E-state index < -0.39 is 0 Å². The van der Waals surface area contributed by atoms with Crippen molar-refractivity contribution in [3.8, 4) is 0 Å². The minimum Gasteiger partial charge on any atom is -0.857 e. The molecule has 0 aromatic heterocycles. The number of aliphatic hydroxyl groups is 2. The molecule has 0 atom stereocenters. The summed E-state index contributed by atoms with van der Waals surface area (Å²) in [5.41, 5.74) is 0. The van der Waals surface area contributed by atoms with Gasteiger partial charge in [-0.1, -0.05) is 0 Å². The molecule has 10 heavy (non-hydrogen) atoms. The van der Waals surface area contributed by atoms with Gasteiger partial charge in [0.15, 0.2) is 0 Å². The predicted molar refractivity (Wildman–Crippen MR) is 41.1 cm³/mol. The molecule has 0 radical (unpaired) electrons. The molecule has 0 saturated carbocycles. The molecule has 2 N–H and O–H groups in total. The molecule has 0 saturated heterocycles. The Bertz CT molecular complexity index is 17.2. The summed E-state index contributed by atoms with van der Waals surface area (Å²) in [5.74, 6) is 0. The Morgan fingerprint density at radius 3 is 0.700 bits per heavy atom. The zero-order valence-electron chi connectivity index (χ0n) is 6.83. The number of hydrogen-bond donors (Lipinski definition) is 2. The van der Waals surface area contributed by atoms with Crippen molar-refractivity contribution in [2.75, 3.05) is 28.4 Å². The van der Waals surface area contributed by atoms with Gasteiger partial charge >= 0.3 is 37.7 Å². The van der Waals surface area contributed by atoms with Gasteiger partial charge in [0.2, 0.25) is 0 Å². The third kappa shape index (κ3) is 342. The van der Waals surface area contributed by atoms with Gasteiger partial charge in [-0.3, -0.25) is 0 Å². The Hall–Kier alpha value is 1.39. The number of hydrogen-bond acceptors (Lipinski definition) is 4. The molecule has 0 bridgehead atoms. The van der Waals surface area contributed by atoms with E-state index in [9.17, 15) is 0 Å². The van der Waals surface area contributed by atoms with E-state index in [1.165, 1.54) is 0 Å². The molecule has 0 aliphatic carbocycles. The van der Waals surface area contributed by atoms with Crippen LogP contribution in [-0.4, -0.2) is 76.4 Å². The summed E-state index contributed by atoms with van der Waals surface area (Å²) in [6.45, 7) is 0. The van der Waals surface area contributed by atoms with Gasteiger partial charge in [-0.05, 0) is 0 Å². The van der Waals surface area contributed by atoms with Crippen molar-refractivity contribution in [2.24, 2.45) is 0 Å². The van der Waals surface area contributed by atoms with Crippen molar-refractivity contribution in [1.82, 2.24) is 0 Å². The molecule has 0 aliphatic heterocycles.